The van der Waals surface area contributed by atoms with Crippen LogP contribution in [0.4, 0.5) is 5.82 Å². The largest absolute Gasteiger partial charge is 0.369 e. The van der Waals surface area contributed by atoms with Crippen molar-refractivity contribution in [1.29, 1.82) is 0 Å². The van der Waals surface area contributed by atoms with Crippen molar-refractivity contribution in [3.8, 4) is 11.4 Å². The molecule has 0 unspecified atom stereocenters. The summed E-state index contributed by atoms with van der Waals surface area (Å²) in [4.78, 5) is 26.0. The molecule has 134 valence electrons. The third-order valence-corrected chi connectivity index (χ3v) is 5.48. The number of hydrogen-bond donors (Lipinski definition) is 2. The van der Waals surface area contributed by atoms with Crippen molar-refractivity contribution in [3.05, 3.63) is 40.5 Å². The second-order valence-corrected chi connectivity index (χ2v) is 7.22. The number of carbonyl (C=O) groups excluding carboxylic acids is 1. The molecule has 1 saturated heterocycles. The van der Waals surface area contributed by atoms with Gasteiger partial charge in [-0.25, -0.2) is 9.97 Å². The smallest absolute Gasteiger partial charge is 0.220 e. The number of fused-ring (bicyclic) bond motifs is 1. The summed E-state index contributed by atoms with van der Waals surface area (Å²) in [5, 5.41) is 0.950. The number of hydrogen-bond acceptors (Lipinski definition) is 4. The Labute approximate surface area is 160 Å². The molecule has 26 heavy (non-hydrogen) atoms. The van der Waals surface area contributed by atoms with Crippen LogP contribution in [-0.2, 0) is 4.79 Å². The number of nitrogens with one attached hydrogen (secondary N) is 1. The number of benzene rings is 1. The highest BCUT2D eigenvalue weighted by atomic mass is 35.5. The van der Waals surface area contributed by atoms with Crippen molar-refractivity contribution in [2.75, 3.05) is 18.0 Å². The van der Waals surface area contributed by atoms with Gasteiger partial charge in [0.15, 0.2) is 0 Å². The van der Waals surface area contributed by atoms with Gasteiger partial charge in [-0.2, -0.15) is 0 Å². The lowest BCUT2D eigenvalue weighted by atomic mass is 9.96. The Morgan fingerprint density at radius 2 is 1.96 bits per heavy atom. The standard InChI is InChI=1S/C18H17Cl2N5O/c19-12-8-14-15(9-13(12)20)24-17(23-14)11-2-1-5-22-18(11)25-6-3-10(4-7-25)16(21)26/h1-2,5,8-10H,3-4,6-7H2,(H2,21,26)(H,23,24). The van der Waals surface area contributed by atoms with Gasteiger partial charge in [0.25, 0.3) is 0 Å². The van der Waals surface area contributed by atoms with E-state index in [0.29, 0.717) is 15.9 Å². The van der Waals surface area contributed by atoms with Crippen LogP contribution >= 0.6 is 23.2 Å². The molecule has 3 N–H and O–H groups in total. The maximum absolute atomic E-state index is 11.4. The number of nitrogens with two attached hydrogens (primary N) is 1. The number of carbonyl (C=O) groups is 1. The van der Waals surface area contributed by atoms with E-state index in [1.54, 1.807) is 18.3 Å². The average Bonchev–Trinajstić information content (AvgIpc) is 3.05. The second kappa shape index (κ2) is 6.78. The molecule has 8 heteroatoms. The first-order valence-corrected chi connectivity index (χ1v) is 9.13. The second-order valence-electron chi connectivity index (χ2n) is 6.41. The minimum atomic E-state index is -0.225. The number of amides is 1. The molecule has 3 heterocycles. The molecule has 1 fully saturated rings. The summed E-state index contributed by atoms with van der Waals surface area (Å²) >= 11 is 12.2. The minimum Gasteiger partial charge on any atom is -0.369 e. The molecule has 0 saturated carbocycles. The SMILES string of the molecule is NC(=O)C1CCN(c2ncccc2-c2nc3cc(Cl)c(Cl)cc3[nH]2)CC1. The highest BCUT2D eigenvalue weighted by Crippen LogP contribution is 2.33. The number of aromatic nitrogens is 3. The minimum absolute atomic E-state index is 0.0612. The number of piperidine rings is 1. The lowest BCUT2D eigenvalue weighted by Gasteiger charge is -2.32. The first-order chi connectivity index (χ1) is 12.5. The summed E-state index contributed by atoms with van der Waals surface area (Å²) in [5.74, 6) is 1.26. The van der Waals surface area contributed by atoms with E-state index >= 15 is 0 Å². The zero-order valence-electron chi connectivity index (χ0n) is 13.9. The quantitative estimate of drug-likeness (QED) is 0.715. The molecule has 0 aliphatic carbocycles. The van der Waals surface area contributed by atoms with Gasteiger partial charge in [-0.15, -0.1) is 0 Å². The van der Waals surface area contributed by atoms with Crippen molar-refractivity contribution in [2.24, 2.45) is 11.7 Å². The zero-order valence-corrected chi connectivity index (χ0v) is 15.4. The zero-order chi connectivity index (χ0) is 18.3. The van der Waals surface area contributed by atoms with Gasteiger partial charge in [0.2, 0.25) is 5.91 Å². The number of pyridine rings is 1. The molecule has 0 bridgehead atoms. The van der Waals surface area contributed by atoms with Crippen LogP contribution in [0, 0.1) is 5.92 Å². The third-order valence-electron chi connectivity index (χ3n) is 4.76. The molecule has 0 atom stereocenters. The highest BCUT2D eigenvalue weighted by molar-refractivity contribution is 6.42. The molecule has 3 aromatic rings. The summed E-state index contributed by atoms with van der Waals surface area (Å²) < 4.78 is 0. The van der Waals surface area contributed by atoms with Crippen LogP contribution in [-0.4, -0.2) is 33.9 Å². The summed E-state index contributed by atoms with van der Waals surface area (Å²) in [6.45, 7) is 1.46. The van der Waals surface area contributed by atoms with E-state index in [1.807, 2.05) is 12.1 Å². The van der Waals surface area contributed by atoms with Gasteiger partial charge in [0.1, 0.15) is 11.6 Å². The monoisotopic (exact) mass is 389 g/mol. The fraction of sp³-hybridized carbons (Fsp3) is 0.278. The van der Waals surface area contributed by atoms with Crippen molar-refractivity contribution in [3.63, 3.8) is 0 Å². The van der Waals surface area contributed by atoms with E-state index in [-0.39, 0.29) is 11.8 Å². The van der Waals surface area contributed by atoms with Crippen LogP contribution in [0.3, 0.4) is 0 Å². The van der Waals surface area contributed by atoms with Crippen LogP contribution in [0.5, 0.6) is 0 Å². The van der Waals surface area contributed by atoms with Gasteiger partial charge >= 0.3 is 0 Å². The molecule has 2 aromatic heterocycles. The number of aromatic amines is 1. The lowest BCUT2D eigenvalue weighted by molar-refractivity contribution is -0.122. The number of H-pyrrole nitrogens is 1. The molecular formula is C18H17Cl2N5O. The molecule has 0 spiro atoms. The van der Waals surface area contributed by atoms with E-state index in [0.717, 1.165) is 48.3 Å². The van der Waals surface area contributed by atoms with Crippen LogP contribution in [0.1, 0.15) is 12.8 Å². The summed E-state index contributed by atoms with van der Waals surface area (Å²) in [6.07, 6.45) is 3.22. The number of nitrogens with zero attached hydrogens (tertiary/aromatic N) is 3. The Hall–Kier alpha value is -2.31. The van der Waals surface area contributed by atoms with Gasteiger partial charge in [0.05, 0.1) is 26.6 Å². The maximum Gasteiger partial charge on any atom is 0.220 e. The van der Waals surface area contributed by atoms with Crippen molar-refractivity contribution in [2.45, 2.75) is 12.8 Å². The van der Waals surface area contributed by atoms with Crippen molar-refractivity contribution in [1.82, 2.24) is 15.0 Å². The fourth-order valence-corrected chi connectivity index (χ4v) is 3.66. The Balaban J connectivity index is 1.69. The van der Waals surface area contributed by atoms with E-state index < -0.39 is 0 Å². The van der Waals surface area contributed by atoms with E-state index in [9.17, 15) is 4.79 Å². The number of halogens is 2. The predicted octanol–water partition coefficient (Wildman–Crippen LogP) is 3.63. The first-order valence-electron chi connectivity index (χ1n) is 8.37. The van der Waals surface area contributed by atoms with Gasteiger partial charge in [0, 0.05) is 25.2 Å². The summed E-state index contributed by atoms with van der Waals surface area (Å²) in [7, 11) is 0. The van der Waals surface area contributed by atoms with Gasteiger partial charge < -0.3 is 15.6 Å². The maximum atomic E-state index is 11.4. The molecule has 6 nitrogen and oxygen atoms in total. The number of primary amides is 1. The number of anilines is 1. The van der Waals surface area contributed by atoms with Crippen molar-refractivity contribution < 1.29 is 4.79 Å². The first kappa shape index (κ1) is 17.1. The van der Waals surface area contributed by atoms with Crippen LogP contribution in [0.2, 0.25) is 10.0 Å². The fourth-order valence-electron chi connectivity index (χ4n) is 3.34. The van der Waals surface area contributed by atoms with Gasteiger partial charge in [-0.3, -0.25) is 4.79 Å². The normalized spacial score (nSPS) is 15.5. The summed E-state index contributed by atoms with van der Waals surface area (Å²) in [5.41, 5.74) is 7.89. The average molecular weight is 390 g/mol. The molecule has 1 amide bonds. The highest BCUT2D eigenvalue weighted by Gasteiger charge is 2.25. The molecule has 1 aliphatic heterocycles. The van der Waals surface area contributed by atoms with E-state index in [2.05, 4.69) is 19.9 Å². The Kier molecular flexibility index (Phi) is 4.46. The molecule has 1 aromatic carbocycles. The Bertz CT molecular complexity index is 940. The third kappa shape index (κ3) is 3.10. The molecule has 0 radical (unpaired) electrons. The van der Waals surface area contributed by atoms with Gasteiger partial charge in [-0.05, 0) is 37.1 Å². The number of rotatable bonds is 3. The molecule has 4 rings (SSSR count). The van der Waals surface area contributed by atoms with Crippen LogP contribution in [0.15, 0.2) is 30.5 Å². The Morgan fingerprint density at radius 1 is 1.23 bits per heavy atom. The van der Waals surface area contributed by atoms with Crippen LogP contribution < -0.4 is 10.6 Å². The lowest BCUT2D eigenvalue weighted by Crippen LogP contribution is -2.39. The topological polar surface area (TPSA) is 87.9 Å². The van der Waals surface area contributed by atoms with Crippen LogP contribution in [0.25, 0.3) is 22.4 Å². The number of imidazole rings is 1. The van der Waals surface area contributed by atoms with E-state index in [1.165, 1.54) is 0 Å². The predicted molar refractivity (Wildman–Crippen MR) is 103 cm³/mol. The Morgan fingerprint density at radius 3 is 2.69 bits per heavy atom. The summed E-state index contributed by atoms with van der Waals surface area (Å²) in [6, 6.07) is 7.36. The van der Waals surface area contributed by atoms with Crippen molar-refractivity contribution >= 4 is 46.0 Å². The molecule has 1 aliphatic rings. The van der Waals surface area contributed by atoms with Gasteiger partial charge in [-0.1, -0.05) is 23.2 Å². The molecular weight excluding hydrogens is 373 g/mol. The van der Waals surface area contributed by atoms with E-state index in [4.69, 9.17) is 28.9 Å².